The average Bonchev–Trinajstić information content (AvgIpc) is 0.728. The van der Waals surface area contributed by atoms with Crippen molar-refractivity contribution in [1.29, 1.82) is 0 Å². The fraction of sp³-hybridized carbons (Fsp3) is 0.636. The van der Waals surface area contributed by atoms with E-state index in [2.05, 4.69) is 0 Å². The second kappa shape index (κ2) is 35.1. The lowest BCUT2D eigenvalue weighted by Crippen LogP contribution is -2.51. The van der Waals surface area contributed by atoms with Gasteiger partial charge in [0, 0.05) is 85.9 Å². The summed E-state index contributed by atoms with van der Waals surface area (Å²) in [7, 11) is 0. The summed E-state index contributed by atoms with van der Waals surface area (Å²) in [6.45, 7) is 22.9. The Bertz CT molecular complexity index is 2480. The first-order valence-electron chi connectivity index (χ1n) is 31.1. The molecule has 0 N–H and O–H groups in total. The van der Waals surface area contributed by atoms with Gasteiger partial charge in [0.05, 0.1) is 91.4 Å². The van der Waals surface area contributed by atoms with E-state index < -0.39 is 35.7 Å². The number of amides is 4. The minimum absolute atomic E-state index is 0.0134. The lowest BCUT2D eigenvalue weighted by Gasteiger charge is -2.35. The van der Waals surface area contributed by atoms with Crippen LogP contribution in [0.25, 0.3) is 43.1 Å². The summed E-state index contributed by atoms with van der Waals surface area (Å²) < 4.78 is 73.1. The second-order valence-corrected chi connectivity index (χ2v) is 21.8. The van der Waals surface area contributed by atoms with Crippen LogP contribution in [0.4, 0.5) is 0 Å². The summed E-state index contributed by atoms with van der Waals surface area (Å²) in [5.74, 6) is -1.89. The Kier molecular flexibility index (Phi) is 27.9. The molecule has 2 heterocycles. The fourth-order valence-corrected chi connectivity index (χ4v) is 10.9. The zero-order chi connectivity index (χ0) is 59.8. The van der Waals surface area contributed by atoms with Crippen LogP contribution in [-0.2, 0) is 56.8 Å². The molecule has 5 aromatic carbocycles. The minimum atomic E-state index is -0.819. The van der Waals surface area contributed by atoms with Gasteiger partial charge >= 0.3 is 0 Å². The predicted molar refractivity (Wildman–Crippen MR) is 324 cm³/mol. The third-order valence-electron chi connectivity index (χ3n) is 14.7. The van der Waals surface area contributed by atoms with Gasteiger partial charge in [0.2, 0.25) is 0 Å². The van der Waals surface area contributed by atoms with E-state index in [1.54, 1.807) is 24.3 Å². The molecule has 2 aliphatic heterocycles. The molecule has 5 aromatic rings. The maximum Gasteiger partial charge on any atom is 0.261 e. The summed E-state index contributed by atoms with van der Waals surface area (Å²) in [6.07, 6.45) is 5.36. The first kappa shape index (κ1) is 66.7. The van der Waals surface area contributed by atoms with Crippen molar-refractivity contribution in [2.45, 2.75) is 143 Å². The van der Waals surface area contributed by atoms with Gasteiger partial charge in [-0.05, 0) is 108 Å². The standard InChI is InChI=1S/C66H94N2O16/c1-9-25-73-37-47(81-29-13-5)41-77-33-45(34-78-42-48(82-30-14-6)38-74-26-10-2)67-63(69)55-21-17-51-53-19-23-57-62-58(24-20-54(60(53)62)52-18-22-56(64(67)70)61(55)59(51)52)66(72)68(65(57)71)46(35-79-43-49(83-31-15-7)39-75-27-11-3)36-80-44-50(84-32-16-8)40-76-28-12-4/h17-24,45-50H,9-16,25-44H2,1-8H3. The highest BCUT2D eigenvalue weighted by Crippen LogP contribution is 2.46. The molecule has 0 radical (unpaired) electrons. The van der Waals surface area contributed by atoms with Crippen molar-refractivity contribution in [1.82, 2.24) is 9.80 Å². The summed E-state index contributed by atoms with van der Waals surface area (Å²) in [4.78, 5) is 63.0. The summed E-state index contributed by atoms with van der Waals surface area (Å²) >= 11 is 0. The topological polar surface area (TPSA) is 186 Å². The maximum atomic E-state index is 15.1. The fourth-order valence-electron chi connectivity index (χ4n) is 10.9. The molecule has 18 heteroatoms. The van der Waals surface area contributed by atoms with Crippen molar-refractivity contribution in [3.63, 3.8) is 0 Å². The van der Waals surface area contributed by atoms with Crippen LogP contribution in [0.15, 0.2) is 48.5 Å². The predicted octanol–water partition coefficient (Wildman–Crippen LogP) is 10.6. The monoisotopic (exact) mass is 1170 g/mol. The van der Waals surface area contributed by atoms with E-state index in [1.807, 2.05) is 79.7 Å². The smallest absolute Gasteiger partial charge is 0.261 e. The van der Waals surface area contributed by atoms with E-state index >= 15 is 19.2 Å². The van der Waals surface area contributed by atoms with Crippen molar-refractivity contribution in [3.05, 3.63) is 70.8 Å². The van der Waals surface area contributed by atoms with Crippen molar-refractivity contribution >= 4 is 66.7 Å². The molecule has 2 aliphatic rings. The molecular formula is C66H94N2O16. The van der Waals surface area contributed by atoms with Crippen LogP contribution in [0.1, 0.15) is 148 Å². The summed E-state index contributed by atoms with van der Waals surface area (Å²) in [5.41, 5.74) is 1.46. The van der Waals surface area contributed by atoms with Crippen LogP contribution in [0.2, 0.25) is 0 Å². The Labute approximate surface area is 496 Å². The lowest BCUT2D eigenvalue weighted by atomic mass is 9.82. The number of benzene rings is 5. The number of ether oxygens (including phenoxy) is 12. The van der Waals surface area contributed by atoms with Gasteiger partial charge in [-0.15, -0.1) is 0 Å². The van der Waals surface area contributed by atoms with Crippen LogP contribution in [0.5, 0.6) is 0 Å². The zero-order valence-electron chi connectivity index (χ0n) is 51.3. The quantitative estimate of drug-likeness (QED) is 0.0155. The van der Waals surface area contributed by atoms with Gasteiger partial charge in [0.1, 0.15) is 24.4 Å². The van der Waals surface area contributed by atoms with E-state index in [1.165, 1.54) is 9.80 Å². The highest BCUT2D eigenvalue weighted by molar-refractivity contribution is 6.41. The molecule has 4 unspecified atom stereocenters. The molecule has 4 atom stereocenters. The molecule has 84 heavy (non-hydrogen) atoms. The lowest BCUT2D eigenvalue weighted by molar-refractivity contribution is -0.0813. The molecule has 0 saturated heterocycles. The van der Waals surface area contributed by atoms with Gasteiger partial charge in [-0.3, -0.25) is 29.0 Å². The van der Waals surface area contributed by atoms with Gasteiger partial charge in [-0.1, -0.05) is 79.7 Å². The number of imide groups is 2. The van der Waals surface area contributed by atoms with E-state index in [9.17, 15) is 0 Å². The first-order valence-corrected chi connectivity index (χ1v) is 31.1. The van der Waals surface area contributed by atoms with E-state index in [-0.39, 0.29) is 77.3 Å². The average molecular weight is 1170 g/mol. The van der Waals surface area contributed by atoms with Crippen molar-refractivity contribution < 1.29 is 76.0 Å². The summed E-state index contributed by atoms with van der Waals surface area (Å²) in [6, 6.07) is 13.1. The highest BCUT2D eigenvalue weighted by Gasteiger charge is 2.42. The van der Waals surface area contributed by atoms with E-state index in [0.29, 0.717) is 112 Å². The van der Waals surface area contributed by atoms with Gasteiger partial charge in [0.15, 0.2) is 0 Å². The number of rotatable bonds is 46. The number of carbonyl (C=O) groups is 4. The zero-order valence-corrected chi connectivity index (χ0v) is 51.3. The highest BCUT2D eigenvalue weighted by atomic mass is 16.6. The van der Waals surface area contributed by atoms with Crippen LogP contribution < -0.4 is 0 Å². The second-order valence-electron chi connectivity index (χ2n) is 21.8. The van der Waals surface area contributed by atoms with Crippen LogP contribution in [0.3, 0.4) is 0 Å². The number of nitrogens with zero attached hydrogens (tertiary/aromatic N) is 2. The molecule has 0 saturated carbocycles. The van der Waals surface area contributed by atoms with Gasteiger partial charge in [-0.25, -0.2) is 0 Å². The largest absolute Gasteiger partial charge is 0.379 e. The molecule has 0 fully saturated rings. The number of hydrogen-bond acceptors (Lipinski definition) is 16. The van der Waals surface area contributed by atoms with Crippen molar-refractivity contribution in [3.8, 4) is 0 Å². The van der Waals surface area contributed by atoms with Crippen LogP contribution in [0, 0.1) is 0 Å². The molecule has 4 amide bonds. The molecule has 0 aliphatic carbocycles. The SMILES string of the molecule is CCCOCC(COCC(COCC(COCCC)OCCC)N1C(=O)c2ccc3c4ccc5c6c(ccc(c7ccc(c2c37)C1=O)c64)C(=O)N(C(COCC(COCCC)OCCC)COCC(COCCC)OCCC)C5=O)OCCC. The van der Waals surface area contributed by atoms with E-state index in [0.717, 1.165) is 83.7 Å². The Morgan fingerprint density at radius 2 is 0.488 bits per heavy atom. The van der Waals surface area contributed by atoms with Crippen LogP contribution >= 0.6 is 0 Å². The van der Waals surface area contributed by atoms with Crippen molar-refractivity contribution in [2.24, 2.45) is 0 Å². The summed E-state index contributed by atoms with van der Waals surface area (Å²) in [5, 5.41) is 5.66. The normalized spacial score (nSPS) is 15.9. The molecule has 18 nitrogen and oxygen atoms in total. The molecule has 0 aromatic heterocycles. The number of fused-ring (bicyclic) bond motifs is 2. The Morgan fingerprint density at radius 3 is 0.702 bits per heavy atom. The first-order chi connectivity index (χ1) is 41.1. The Morgan fingerprint density at radius 1 is 0.274 bits per heavy atom. The molecule has 464 valence electrons. The minimum Gasteiger partial charge on any atom is -0.379 e. The molecule has 0 bridgehead atoms. The maximum absolute atomic E-state index is 15.1. The molecule has 0 spiro atoms. The van der Waals surface area contributed by atoms with Gasteiger partial charge in [-0.2, -0.15) is 0 Å². The van der Waals surface area contributed by atoms with Gasteiger partial charge < -0.3 is 56.8 Å². The number of carbonyl (C=O) groups excluding carboxylic acids is 4. The number of hydrogen-bond donors (Lipinski definition) is 0. The van der Waals surface area contributed by atoms with Crippen LogP contribution in [-0.4, -0.2) is 202 Å². The van der Waals surface area contributed by atoms with Crippen molar-refractivity contribution in [2.75, 3.05) is 132 Å². The Hall–Kier alpha value is -4.80. The molecule has 7 rings (SSSR count). The van der Waals surface area contributed by atoms with Gasteiger partial charge in [0.25, 0.3) is 23.6 Å². The van der Waals surface area contributed by atoms with E-state index in [4.69, 9.17) is 56.8 Å². The third kappa shape index (κ3) is 16.8. The molecular weight excluding hydrogens is 1080 g/mol. The Balaban J connectivity index is 1.21. The third-order valence-corrected chi connectivity index (χ3v) is 14.7.